The Labute approximate surface area is 191 Å². The van der Waals surface area contributed by atoms with Crippen molar-refractivity contribution in [2.24, 2.45) is 7.05 Å². The molecule has 1 aliphatic heterocycles. The van der Waals surface area contributed by atoms with E-state index in [-0.39, 0.29) is 31.2 Å². The van der Waals surface area contributed by atoms with Crippen molar-refractivity contribution in [3.05, 3.63) is 54.3 Å². The maximum Gasteiger partial charge on any atom is 0.277 e. The third-order valence-electron chi connectivity index (χ3n) is 5.50. The number of aliphatic hydroxyl groups is 1. The molecule has 0 spiro atoms. The van der Waals surface area contributed by atoms with Crippen molar-refractivity contribution in [2.45, 2.75) is 19.4 Å². The number of anilines is 2. The molecule has 0 radical (unpaired) electrons. The van der Waals surface area contributed by atoms with E-state index in [1.807, 2.05) is 32.2 Å². The lowest BCUT2D eigenvalue weighted by molar-refractivity contribution is 0.102. The second-order valence-electron chi connectivity index (χ2n) is 7.76. The Morgan fingerprint density at radius 3 is 2.91 bits per heavy atom. The van der Waals surface area contributed by atoms with Gasteiger partial charge in [0.2, 0.25) is 5.89 Å². The second kappa shape index (κ2) is 8.64. The Balaban J connectivity index is 0.00000245. The van der Waals surface area contributed by atoms with Gasteiger partial charge in [-0.1, -0.05) is 0 Å². The lowest BCUT2D eigenvalue weighted by Gasteiger charge is -2.22. The first-order valence-electron chi connectivity index (χ1n) is 10.1. The number of carbonyl (C=O) groups is 1. The number of benzene rings is 1. The highest BCUT2D eigenvalue weighted by atomic mass is 32.1. The summed E-state index contributed by atoms with van der Waals surface area (Å²) in [6, 6.07) is 7.52. The molecule has 166 valence electrons. The second-order valence-corrected chi connectivity index (χ2v) is 7.76. The van der Waals surface area contributed by atoms with Crippen LogP contribution in [0, 0.1) is 6.92 Å². The molecule has 0 unspecified atom stereocenters. The van der Waals surface area contributed by atoms with Crippen LogP contribution in [0.15, 0.2) is 47.3 Å². The fourth-order valence-corrected chi connectivity index (χ4v) is 3.89. The van der Waals surface area contributed by atoms with Gasteiger partial charge in [0.1, 0.15) is 6.26 Å². The van der Waals surface area contributed by atoms with Gasteiger partial charge in [-0.15, -0.1) is 0 Å². The molecule has 2 N–H and O–H groups in total. The minimum Gasteiger partial charge on any atom is -0.444 e. The molecule has 1 saturated heterocycles. The van der Waals surface area contributed by atoms with Crippen molar-refractivity contribution < 1.29 is 14.3 Å². The summed E-state index contributed by atoms with van der Waals surface area (Å²) in [4.78, 5) is 23.5. The van der Waals surface area contributed by atoms with E-state index in [1.54, 1.807) is 23.1 Å². The zero-order valence-electron chi connectivity index (χ0n) is 17.7. The summed E-state index contributed by atoms with van der Waals surface area (Å²) < 4.78 is 7.31. The number of aryl methyl sites for hydroxylation is 2. The van der Waals surface area contributed by atoms with Gasteiger partial charge >= 0.3 is 0 Å². The summed E-state index contributed by atoms with van der Waals surface area (Å²) in [5, 5.41) is 18.2. The van der Waals surface area contributed by atoms with E-state index in [0.717, 1.165) is 27.8 Å². The van der Waals surface area contributed by atoms with Crippen LogP contribution in [0.5, 0.6) is 0 Å². The SMILES string of the molecule is Cc1cc(-c2nc(C(=O)Nc3cc4cnn(C)c4cc3N3CC[C@H](O)C3)co2)ccn1.S. The molecule has 0 aliphatic carbocycles. The number of fused-ring (bicyclic) bond motifs is 1. The number of pyridine rings is 1. The highest BCUT2D eigenvalue weighted by Crippen LogP contribution is 2.34. The number of amides is 1. The monoisotopic (exact) mass is 452 g/mol. The molecule has 1 aromatic carbocycles. The first-order valence-corrected chi connectivity index (χ1v) is 10.1. The van der Waals surface area contributed by atoms with Crippen LogP contribution in [0.1, 0.15) is 22.6 Å². The van der Waals surface area contributed by atoms with Gasteiger partial charge in [0.15, 0.2) is 5.69 Å². The minimum atomic E-state index is -0.382. The minimum absolute atomic E-state index is 0. The van der Waals surface area contributed by atoms with Crippen LogP contribution in [-0.4, -0.2) is 50.0 Å². The largest absolute Gasteiger partial charge is 0.444 e. The van der Waals surface area contributed by atoms with Crippen molar-refractivity contribution in [1.29, 1.82) is 0 Å². The summed E-state index contributed by atoms with van der Waals surface area (Å²) in [5.74, 6) is -0.00809. The normalized spacial score (nSPS) is 15.7. The van der Waals surface area contributed by atoms with Crippen LogP contribution in [0.3, 0.4) is 0 Å². The lowest BCUT2D eigenvalue weighted by Crippen LogP contribution is -2.23. The van der Waals surface area contributed by atoms with Crippen LogP contribution in [0.2, 0.25) is 0 Å². The quantitative estimate of drug-likeness (QED) is 0.490. The van der Waals surface area contributed by atoms with Gasteiger partial charge in [-0.3, -0.25) is 14.5 Å². The fourth-order valence-electron chi connectivity index (χ4n) is 3.89. The van der Waals surface area contributed by atoms with Gasteiger partial charge in [0.05, 0.1) is 29.2 Å². The molecule has 5 rings (SSSR count). The topological polar surface area (TPSA) is 109 Å². The Bertz CT molecular complexity index is 1280. The van der Waals surface area contributed by atoms with E-state index in [1.165, 1.54) is 6.26 Å². The molecule has 1 amide bonds. The van der Waals surface area contributed by atoms with Crippen molar-refractivity contribution in [1.82, 2.24) is 19.7 Å². The number of nitrogens with zero attached hydrogens (tertiary/aromatic N) is 5. The van der Waals surface area contributed by atoms with Crippen LogP contribution >= 0.6 is 13.5 Å². The molecule has 0 saturated carbocycles. The van der Waals surface area contributed by atoms with Crippen LogP contribution in [-0.2, 0) is 7.05 Å². The molecule has 9 nitrogen and oxygen atoms in total. The molecule has 1 fully saturated rings. The molecular formula is C22H24N6O3S. The van der Waals surface area contributed by atoms with Gasteiger partial charge in [-0.2, -0.15) is 18.6 Å². The number of aromatic nitrogens is 4. The Hall–Kier alpha value is -3.37. The third kappa shape index (κ3) is 4.06. The Morgan fingerprint density at radius 1 is 1.31 bits per heavy atom. The van der Waals surface area contributed by atoms with Crippen molar-refractivity contribution in [2.75, 3.05) is 23.3 Å². The predicted octanol–water partition coefficient (Wildman–Crippen LogP) is 2.87. The number of β-amino-alcohol motifs (C(OH)–C–C–N with tert-alkyl or cyclic N) is 1. The van der Waals surface area contributed by atoms with Gasteiger partial charge in [0, 0.05) is 43.0 Å². The number of oxazole rings is 1. The smallest absolute Gasteiger partial charge is 0.277 e. The molecule has 10 heteroatoms. The highest BCUT2D eigenvalue weighted by Gasteiger charge is 2.25. The summed E-state index contributed by atoms with van der Waals surface area (Å²) in [6.07, 6.45) is 5.09. The number of hydrogen-bond acceptors (Lipinski definition) is 7. The summed E-state index contributed by atoms with van der Waals surface area (Å²) in [7, 11) is 1.88. The van der Waals surface area contributed by atoms with E-state index in [2.05, 4.69) is 25.3 Å². The molecule has 1 atom stereocenters. The molecule has 3 aromatic heterocycles. The predicted molar refractivity (Wildman–Crippen MR) is 126 cm³/mol. The average Bonchev–Trinajstić information content (AvgIpc) is 3.48. The van der Waals surface area contributed by atoms with E-state index in [0.29, 0.717) is 31.1 Å². The first-order chi connectivity index (χ1) is 15.0. The molecule has 32 heavy (non-hydrogen) atoms. The maximum absolute atomic E-state index is 13.0. The van der Waals surface area contributed by atoms with Gasteiger partial charge in [0.25, 0.3) is 5.91 Å². The number of nitrogens with one attached hydrogen (secondary N) is 1. The Morgan fingerprint density at radius 2 is 2.16 bits per heavy atom. The van der Waals surface area contributed by atoms with E-state index >= 15 is 0 Å². The molecule has 1 aliphatic rings. The Kier molecular flexibility index (Phi) is 5.90. The van der Waals surface area contributed by atoms with Crippen molar-refractivity contribution in [3.8, 4) is 11.5 Å². The van der Waals surface area contributed by atoms with Crippen LogP contribution < -0.4 is 10.2 Å². The third-order valence-corrected chi connectivity index (χ3v) is 5.50. The standard InChI is InChI=1S/C22H22N6O3.H2S/c1-13-7-14(3-5-23-13)22-26-18(12-31-22)21(30)25-17-8-15-10-24-27(2)19(15)9-20(17)28-6-4-16(29)11-28;/h3,5,7-10,12,16,29H,4,6,11H2,1-2H3,(H,25,30);1H2/t16-;/m0./s1. The first kappa shape index (κ1) is 21.8. The highest BCUT2D eigenvalue weighted by molar-refractivity contribution is 7.59. The summed E-state index contributed by atoms with van der Waals surface area (Å²) >= 11 is 0. The zero-order valence-corrected chi connectivity index (χ0v) is 18.7. The number of carbonyl (C=O) groups excluding carboxylic acids is 1. The molecule has 4 heterocycles. The van der Waals surface area contributed by atoms with Crippen molar-refractivity contribution in [3.63, 3.8) is 0 Å². The molecule has 0 bridgehead atoms. The summed E-state index contributed by atoms with van der Waals surface area (Å²) in [5.41, 5.74) is 4.21. The van der Waals surface area contributed by atoms with Gasteiger partial charge in [-0.25, -0.2) is 4.98 Å². The van der Waals surface area contributed by atoms with E-state index in [4.69, 9.17) is 4.42 Å². The van der Waals surface area contributed by atoms with E-state index in [9.17, 15) is 9.90 Å². The fraction of sp³-hybridized carbons (Fsp3) is 0.273. The number of aliphatic hydroxyl groups excluding tert-OH is 1. The zero-order chi connectivity index (χ0) is 21.5. The van der Waals surface area contributed by atoms with Gasteiger partial charge < -0.3 is 19.7 Å². The average molecular weight is 453 g/mol. The van der Waals surface area contributed by atoms with E-state index < -0.39 is 0 Å². The lowest BCUT2D eigenvalue weighted by atomic mass is 10.1. The molecule has 4 aromatic rings. The molecular weight excluding hydrogens is 428 g/mol. The number of hydrogen-bond donors (Lipinski definition) is 2. The van der Waals surface area contributed by atoms with Crippen LogP contribution in [0.25, 0.3) is 22.4 Å². The van der Waals surface area contributed by atoms with Gasteiger partial charge in [-0.05, 0) is 37.6 Å². The number of rotatable bonds is 4. The van der Waals surface area contributed by atoms with Crippen molar-refractivity contribution >= 4 is 41.7 Å². The summed E-state index contributed by atoms with van der Waals surface area (Å²) in [6.45, 7) is 3.11. The van der Waals surface area contributed by atoms with Crippen LogP contribution in [0.4, 0.5) is 11.4 Å². The maximum atomic E-state index is 13.0.